The van der Waals surface area contributed by atoms with Gasteiger partial charge in [-0.25, -0.2) is 0 Å². The minimum atomic E-state index is 0.317. The summed E-state index contributed by atoms with van der Waals surface area (Å²) in [6, 6.07) is 0. The zero-order valence-corrected chi connectivity index (χ0v) is 8.24. The molecule has 0 saturated carbocycles. The van der Waals surface area contributed by atoms with E-state index in [0.717, 1.165) is 5.75 Å². The molecule has 0 amide bonds. The smallest absolute Gasteiger partial charge is 0.0230 e. The molecule has 0 bridgehead atoms. The van der Waals surface area contributed by atoms with Crippen molar-refractivity contribution < 1.29 is 0 Å². The molecule has 0 saturated heterocycles. The van der Waals surface area contributed by atoms with Crippen molar-refractivity contribution in [1.82, 2.24) is 0 Å². The lowest BCUT2D eigenvalue weighted by Crippen LogP contribution is -2.13. The average molecular weight is 176 g/mol. The number of hydrogen-bond donors (Lipinski definition) is 2. The highest BCUT2D eigenvalue weighted by molar-refractivity contribution is 7.81. The van der Waals surface area contributed by atoms with Crippen LogP contribution >= 0.6 is 25.3 Å². The molecule has 0 aliphatic rings. The van der Waals surface area contributed by atoms with Crippen molar-refractivity contribution in [2.75, 3.05) is 5.75 Å². The fourth-order valence-electron chi connectivity index (χ4n) is 0.933. The molecule has 2 heteroatoms. The summed E-state index contributed by atoms with van der Waals surface area (Å²) in [6.45, 7) is 5.88. The lowest BCUT2D eigenvalue weighted by molar-refractivity contribution is 0.554. The van der Waals surface area contributed by atoms with Crippen LogP contribution in [-0.4, -0.2) is 11.0 Å². The molecule has 0 aromatic rings. The number of rotatable bonds is 5. The van der Waals surface area contributed by atoms with E-state index in [1.165, 1.54) is 12.8 Å². The van der Waals surface area contributed by atoms with Crippen LogP contribution in [0, 0.1) is 5.92 Å². The van der Waals surface area contributed by atoms with Gasteiger partial charge in [0.05, 0.1) is 0 Å². The quantitative estimate of drug-likeness (QED) is 0.467. The summed E-state index contributed by atoms with van der Waals surface area (Å²) in [5, 5.41) is 0.317. The van der Waals surface area contributed by atoms with E-state index in [-0.39, 0.29) is 0 Å². The third-order valence-electron chi connectivity index (χ3n) is 1.62. The second kappa shape index (κ2) is 6.17. The predicted molar refractivity (Wildman–Crippen MR) is 55.2 cm³/mol. The van der Waals surface area contributed by atoms with Crippen molar-refractivity contribution in [2.45, 2.75) is 25.0 Å². The Morgan fingerprint density at radius 2 is 2.20 bits per heavy atom. The molecule has 10 heavy (non-hydrogen) atoms. The second-order valence-electron chi connectivity index (χ2n) is 2.46. The lowest BCUT2D eigenvalue weighted by atomic mass is 10.0. The van der Waals surface area contributed by atoms with Crippen LogP contribution in [0.3, 0.4) is 0 Å². The molecule has 0 fully saturated rings. The third-order valence-corrected chi connectivity index (χ3v) is 2.72. The van der Waals surface area contributed by atoms with Crippen LogP contribution in [0.15, 0.2) is 12.7 Å². The van der Waals surface area contributed by atoms with E-state index < -0.39 is 0 Å². The molecule has 0 radical (unpaired) electrons. The maximum atomic E-state index is 4.37. The molecular weight excluding hydrogens is 160 g/mol. The Balaban J connectivity index is 3.67. The average Bonchev–Trinajstić information content (AvgIpc) is 1.99. The largest absolute Gasteiger partial charge is 0.179 e. The predicted octanol–water partition coefficient (Wildman–Crippen LogP) is 2.82. The first-order valence-electron chi connectivity index (χ1n) is 3.67. The summed E-state index contributed by atoms with van der Waals surface area (Å²) < 4.78 is 0. The van der Waals surface area contributed by atoms with Crippen molar-refractivity contribution in [3.8, 4) is 0 Å². The summed E-state index contributed by atoms with van der Waals surface area (Å²) >= 11 is 8.62. The van der Waals surface area contributed by atoms with Gasteiger partial charge in [0.15, 0.2) is 0 Å². The van der Waals surface area contributed by atoms with Crippen LogP contribution in [0.25, 0.3) is 0 Å². The zero-order valence-electron chi connectivity index (χ0n) is 6.45. The van der Waals surface area contributed by atoms with Crippen LogP contribution in [0.2, 0.25) is 0 Å². The maximum Gasteiger partial charge on any atom is 0.0230 e. The molecule has 0 aromatic carbocycles. The summed E-state index contributed by atoms with van der Waals surface area (Å²) in [6.07, 6.45) is 4.29. The van der Waals surface area contributed by atoms with E-state index in [1.807, 2.05) is 6.08 Å². The van der Waals surface area contributed by atoms with Gasteiger partial charge in [-0.2, -0.15) is 25.3 Å². The Bertz CT molecular complexity index is 91.3. The molecule has 0 aromatic heterocycles. The zero-order chi connectivity index (χ0) is 7.98. The van der Waals surface area contributed by atoms with Gasteiger partial charge in [0.25, 0.3) is 0 Å². The van der Waals surface area contributed by atoms with Gasteiger partial charge in [0.2, 0.25) is 0 Å². The van der Waals surface area contributed by atoms with Crippen molar-refractivity contribution in [1.29, 1.82) is 0 Å². The summed E-state index contributed by atoms with van der Waals surface area (Å²) in [7, 11) is 0. The fraction of sp³-hybridized carbons (Fsp3) is 0.750. The van der Waals surface area contributed by atoms with Gasteiger partial charge in [-0.1, -0.05) is 19.4 Å². The standard InChI is InChI=1S/C8H16S2/c1-3-5-7(6-9)8(10)4-2/h4,7-10H,2-3,5-6H2,1H3. The number of thiol groups is 2. The Labute approximate surface area is 74.9 Å². The fourth-order valence-corrected chi connectivity index (χ4v) is 1.76. The normalized spacial score (nSPS) is 16.3. The summed E-state index contributed by atoms with van der Waals surface area (Å²) in [5.41, 5.74) is 0. The molecule has 0 aliphatic heterocycles. The molecule has 0 aliphatic carbocycles. The molecular formula is C8H16S2. The molecule has 0 spiro atoms. The van der Waals surface area contributed by atoms with E-state index in [2.05, 4.69) is 38.8 Å². The Morgan fingerprint density at radius 3 is 2.50 bits per heavy atom. The van der Waals surface area contributed by atoms with Gasteiger partial charge < -0.3 is 0 Å². The van der Waals surface area contributed by atoms with Crippen LogP contribution < -0.4 is 0 Å². The molecule has 2 unspecified atom stereocenters. The van der Waals surface area contributed by atoms with Crippen molar-refractivity contribution in [3.05, 3.63) is 12.7 Å². The van der Waals surface area contributed by atoms with Gasteiger partial charge in [-0.15, -0.1) is 6.58 Å². The lowest BCUT2D eigenvalue weighted by Gasteiger charge is -2.16. The van der Waals surface area contributed by atoms with Crippen LogP contribution in [-0.2, 0) is 0 Å². The number of hydrogen-bond acceptors (Lipinski definition) is 2. The van der Waals surface area contributed by atoms with Crippen LogP contribution in [0.5, 0.6) is 0 Å². The molecule has 60 valence electrons. The Morgan fingerprint density at radius 1 is 1.60 bits per heavy atom. The first-order valence-corrected chi connectivity index (χ1v) is 4.82. The Kier molecular flexibility index (Phi) is 6.44. The first kappa shape index (κ1) is 10.4. The molecule has 0 nitrogen and oxygen atoms in total. The van der Waals surface area contributed by atoms with Crippen molar-refractivity contribution in [2.24, 2.45) is 5.92 Å². The molecule has 0 rings (SSSR count). The molecule has 0 N–H and O–H groups in total. The van der Waals surface area contributed by atoms with Gasteiger partial charge in [0, 0.05) is 5.25 Å². The first-order chi connectivity index (χ1) is 4.76. The second-order valence-corrected chi connectivity index (χ2v) is 3.42. The maximum absolute atomic E-state index is 4.37. The highest BCUT2D eigenvalue weighted by atomic mass is 32.1. The minimum absolute atomic E-state index is 0.317. The van der Waals surface area contributed by atoms with Crippen molar-refractivity contribution >= 4 is 25.3 Å². The van der Waals surface area contributed by atoms with E-state index in [0.29, 0.717) is 11.2 Å². The third kappa shape index (κ3) is 3.57. The monoisotopic (exact) mass is 176 g/mol. The molecule has 0 heterocycles. The van der Waals surface area contributed by atoms with Crippen molar-refractivity contribution in [3.63, 3.8) is 0 Å². The highest BCUT2D eigenvalue weighted by Gasteiger charge is 2.11. The van der Waals surface area contributed by atoms with Crippen LogP contribution in [0.4, 0.5) is 0 Å². The topological polar surface area (TPSA) is 0 Å². The van der Waals surface area contributed by atoms with E-state index in [9.17, 15) is 0 Å². The van der Waals surface area contributed by atoms with E-state index >= 15 is 0 Å². The Hall–Kier alpha value is 0.440. The van der Waals surface area contributed by atoms with Gasteiger partial charge in [0.1, 0.15) is 0 Å². The summed E-state index contributed by atoms with van der Waals surface area (Å²) in [4.78, 5) is 0. The van der Waals surface area contributed by atoms with E-state index in [1.54, 1.807) is 0 Å². The van der Waals surface area contributed by atoms with Gasteiger partial charge in [-0.05, 0) is 18.1 Å². The van der Waals surface area contributed by atoms with E-state index in [4.69, 9.17) is 0 Å². The summed E-state index contributed by atoms with van der Waals surface area (Å²) in [5.74, 6) is 1.50. The highest BCUT2D eigenvalue weighted by Crippen LogP contribution is 2.18. The minimum Gasteiger partial charge on any atom is -0.179 e. The van der Waals surface area contributed by atoms with Crippen LogP contribution in [0.1, 0.15) is 19.8 Å². The SMILES string of the molecule is C=CC(S)C(CS)CCC. The molecule has 2 atom stereocenters. The van der Waals surface area contributed by atoms with Gasteiger partial charge in [-0.3, -0.25) is 0 Å². The van der Waals surface area contributed by atoms with Gasteiger partial charge >= 0.3 is 0 Å².